The lowest BCUT2D eigenvalue weighted by atomic mass is 10.0. The second-order valence-electron chi connectivity index (χ2n) is 5.00. The average molecular weight is 272 g/mol. The first-order valence-electron chi connectivity index (χ1n) is 6.59. The summed E-state index contributed by atoms with van der Waals surface area (Å²) in [5.74, 6) is -1.87. The maximum absolute atomic E-state index is 11.6. The van der Waals surface area contributed by atoms with Gasteiger partial charge in [-0.2, -0.15) is 0 Å². The van der Waals surface area contributed by atoms with E-state index in [-0.39, 0.29) is 30.7 Å². The van der Waals surface area contributed by atoms with Gasteiger partial charge in [0.1, 0.15) is 6.04 Å². The molecule has 0 heterocycles. The Morgan fingerprint density at radius 2 is 1.47 bits per heavy atom. The molecule has 0 aromatic heterocycles. The van der Waals surface area contributed by atoms with Gasteiger partial charge in [0, 0.05) is 18.9 Å². The summed E-state index contributed by atoms with van der Waals surface area (Å²) in [6.45, 7) is 7.28. The van der Waals surface area contributed by atoms with Crippen LogP contribution in [0.1, 0.15) is 47.0 Å². The monoisotopic (exact) mass is 272 g/mol. The van der Waals surface area contributed by atoms with Crippen LogP contribution >= 0.6 is 0 Å². The molecule has 0 rings (SSSR count). The van der Waals surface area contributed by atoms with Crippen molar-refractivity contribution in [3.8, 4) is 0 Å². The van der Waals surface area contributed by atoms with Crippen LogP contribution in [-0.4, -0.2) is 35.0 Å². The number of carbonyl (C=O) groups excluding carboxylic acids is 2. The third-order valence-electron chi connectivity index (χ3n) is 2.85. The van der Waals surface area contributed by atoms with E-state index in [9.17, 15) is 14.4 Å². The number of nitrogens with one attached hydrogen (secondary N) is 2. The van der Waals surface area contributed by atoms with Crippen molar-refractivity contribution in [1.29, 1.82) is 0 Å². The Morgan fingerprint density at radius 1 is 1.00 bits per heavy atom. The molecule has 2 amide bonds. The lowest BCUT2D eigenvalue weighted by Crippen LogP contribution is -2.44. The molecule has 2 atom stereocenters. The molecule has 0 bridgehead atoms. The molecule has 19 heavy (non-hydrogen) atoms. The number of hydrogen-bond acceptors (Lipinski definition) is 3. The van der Waals surface area contributed by atoms with Crippen LogP contribution in [0.5, 0.6) is 0 Å². The number of amides is 2. The van der Waals surface area contributed by atoms with Crippen LogP contribution in [0.25, 0.3) is 0 Å². The normalized spacial score (nSPS) is 13.7. The van der Waals surface area contributed by atoms with Crippen LogP contribution < -0.4 is 10.6 Å². The van der Waals surface area contributed by atoms with Crippen molar-refractivity contribution < 1.29 is 19.5 Å². The van der Waals surface area contributed by atoms with Gasteiger partial charge in [-0.05, 0) is 19.3 Å². The van der Waals surface area contributed by atoms with Crippen LogP contribution in [0.2, 0.25) is 0 Å². The highest BCUT2D eigenvalue weighted by atomic mass is 16.4. The van der Waals surface area contributed by atoms with Crippen molar-refractivity contribution >= 4 is 17.8 Å². The molecule has 3 N–H and O–H groups in total. The first-order valence-corrected chi connectivity index (χ1v) is 6.59. The van der Waals surface area contributed by atoms with Gasteiger partial charge in [0.15, 0.2) is 0 Å². The molecule has 0 saturated carbocycles. The third-order valence-corrected chi connectivity index (χ3v) is 2.85. The summed E-state index contributed by atoms with van der Waals surface area (Å²) < 4.78 is 0. The van der Waals surface area contributed by atoms with Gasteiger partial charge in [0.05, 0.1) is 0 Å². The quantitative estimate of drug-likeness (QED) is 0.612. The molecule has 0 aliphatic rings. The van der Waals surface area contributed by atoms with Crippen molar-refractivity contribution in [3.63, 3.8) is 0 Å². The SMILES string of the molecule is CCC(C)NC(=O)CCC(=O)NC(C(=O)O)C(C)C. The summed E-state index contributed by atoms with van der Waals surface area (Å²) in [5, 5.41) is 14.1. The lowest BCUT2D eigenvalue weighted by Gasteiger charge is -2.18. The topological polar surface area (TPSA) is 95.5 Å². The van der Waals surface area contributed by atoms with E-state index in [1.54, 1.807) is 13.8 Å². The van der Waals surface area contributed by atoms with Crippen molar-refractivity contribution in [2.45, 2.75) is 59.0 Å². The molecular formula is C13H24N2O4. The van der Waals surface area contributed by atoms with Crippen LogP contribution in [0, 0.1) is 5.92 Å². The molecule has 0 aliphatic heterocycles. The van der Waals surface area contributed by atoms with Gasteiger partial charge in [-0.15, -0.1) is 0 Å². The third kappa shape index (κ3) is 7.43. The first kappa shape index (κ1) is 17.4. The first-order chi connectivity index (χ1) is 8.77. The molecule has 0 aromatic carbocycles. The molecular weight excluding hydrogens is 248 g/mol. The molecule has 6 heteroatoms. The van der Waals surface area contributed by atoms with Crippen LogP contribution in [-0.2, 0) is 14.4 Å². The standard InChI is InChI=1S/C13H24N2O4/c1-5-9(4)14-10(16)6-7-11(17)15-12(8(2)3)13(18)19/h8-9,12H,5-7H2,1-4H3,(H,14,16)(H,15,17)(H,18,19). The highest BCUT2D eigenvalue weighted by Gasteiger charge is 2.23. The van der Waals surface area contributed by atoms with E-state index in [0.717, 1.165) is 6.42 Å². The van der Waals surface area contributed by atoms with Crippen LogP contribution in [0.3, 0.4) is 0 Å². The maximum atomic E-state index is 11.6. The molecule has 0 aromatic rings. The average Bonchev–Trinajstić information content (AvgIpc) is 2.32. The largest absolute Gasteiger partial charge is 0.480 e. The molecule has 0 aliphatic carbocycles. The number of carboxylic acid groups (broad SMARTS) is 1. The van der Waals surface area contributed by atoms with Gasteiger partial charge in [0.2, 0.25) is 11.8 Å². The summed E-state index contributed by atoms with van der Waals surface area (Å²) >= 11 is 0. The summed E-state index contributed by atoms with van der Waals surface area (Å²) in [5.41, 5.74) is 0. The minimum atomic E-state index is -1.06. The van der Waals surface area contributed by atoms with E-state index in [4.69, 9.17) is 5.11 Å². The Kier molecular flexibility index (Phi) is 7.79. The Labute approximate surface area is 113 Å². The Morgan fingerprint density at radius 3 is 1.84 bits per heavy atom. The van der Waals surface area contributed by atoms with Gasteiger partial charge >= 0.3 is 5.97 Å². The fourth-order valence-corrected chi connectivity index (χ4v) is 1.44. The predicted octanol–water partition coefficient (Wildman–Crippen LogP) is 0.907. The van der Waals surface area contributed by atoms with Crippen molar-refractivity contribution in [3.05, 3.63) is 0 Å². The molecule has 0 radical (unpaired) electrons. The Bertz CT molecular complexity index is 329. The van der Waals surface area contributed by atoms with Crippen LogP contribution in [0.4, 0.5) is 0 Å². The highest BCUT2D eigenvalue weighted by molar-refractivity contribution is 5.87. The zero-order valence-electron chi connectivity index (χ0n) is 12.0. The van der Waals surface area contributed by atoms with Crippen molar-refractivity contribution in [2.75, 3.05) is 0 Å². The smallest absolute Gasteiger partial charge is 0.326 e. The lowest BCUT2D eigenvalue weighted by molar-refractivity contribution is -0.143. The Hall–Kier alpha value is -1.59. The summed E-state index contributed by atoms with van der Waals surface area (Å²) in [4.78, 5) is 33.9. The van der Waals surface area contributed by atoms with Gasteiger partial charge in [-0.1, -0.05) is 20.8 Å². The highest BCUT2D eigenvalue weighted by Crippen LogP contribution is 2.03. The number of carbonyl (C=O) groups is 3. The minimum Gasteiger partial charge on any atom is -0.480 e. The van der Waals surface area contributed by atoms with Crippen molar-refractivity contribution in [2.24, 2.45) is 5.92 Å². The van der Waals surface area contributed by atoms with Gasteiger partial charge in [-0.3, -0.25) is 9.59 Å². The fourth-order valence-electron chi connectivity index (χ4n) is 1.44. The number of hydrogen-bond donors (Lipinski definition) is 3. The number of aliphatic carboxylic acids is 1. The minimum absolute atomic E-state index is 0.00122. The molecule has 6 nitrogen and oxygen atoms in total. The summed E-state index contributed by atoms with van der Waals surface area (Å²) in [6.07, 6.45) is 0.895. The molecule has 0 fully saturated rings. The fraction of sp³-hybridized carbons (Fsp3) is 0.769. The zero-order valence-corrected chi connectivity index (χ0v) is 12.0. The van der Waals surface area contributed by atoms with Gasteiger partial charge < -0.3 is 15.7 Å². The van der Waals surface area contributed by atoms with Crippen molar-refractivity contribution in [1.82, 2.24) is 10.6 Å². The van der Waals surface area contributed by atoms with E-state index in [1.165, 1.54) is 0 Å². The molecule has 0 saturated heterocycles. The molecule has 2 unspecified atom stereocenters. The molecule has 0 spiro atoms. The second kappa shape index (κ2) is 8.50. The molecule has 110 valence electrons. The Balaban J connectivity index is 4.11. The van der Waals surface area contributed by atoms with E-state index in [1.807, 2.05) is 13.8 Å². The second-order valence-corrected chi connectivity index (χ2v) is 5.00. The predicted molar refractivity (Wildman–Crippen MR) is 71.5 cm³/mol. The van der Waals surface area contributed by atoms with E-state index >= 15 is 0 Å². The van der Waals surface area contributed by atoms with Gasteiger partial charge in [0.25, 0.3) is 0 Å². The van der Waals surface area contributed by atoms with Gasteiger partial charge in [-0.25, -0.2) is 4.79 Å². The number of rotatable bonds is 8. The van der Waals surface area contributed by atoms with Crippen LogP contribution in [0.15, 0.2) is 0 Å². The van der Waals surface area contributed by atoms with E-state index in [0.29, 0.717) is 0 Å². The maximum Gasteiger partial charge on any atom is 0.326 e. The zero-order chi connectivity index (χ0) is 15.0. The summed E-state index contributed by atoms with van der Waals surface area (Å²) in [6, 6.07) is -0.830. The van der Waals surface area contributed by atoms with E-state index in [2.05, 4.69) is 10.6 Å². The van der Waals surface area contributed by atoms with E-state index < -0.39 is 17.9 Å². The summed E-state index contributed by atoms with van der Waals surface area (Å²) in [7, 11) is 0. The number of carboxylic acids is 1.